The van der Waals surface area contributed by atoms with Crippen LogP contribution >= 0.6 is 11.8 Å². The van der Waals surface area contributed by atoms with Crippen molar-refractivity contribution in [3.8, 4) is 23.0 Å². The summed E-state index contributed by atoms with van der Waals surface area (Å²) in [6, 6.07) is 16.6. The summed E-state index contributed by atoms with van der Waals surface area (Å²) < 4.78 is 23.2. The van der Waals surface area contributed by atoms with Gasteiger partial charge >= 0.3 is 0 Å². The van der Waals surface area contributed by atoms with E-state index in [9.17, 15) is 14.4 Å². The number of aromatic nitrogens is 2. The number of fused-ring (bicyclic) bond motifs is 2. The SMILES string of the molecule is COc1ccc(CCNC(=O)CCCCCn2c(SCC(=O)Nc3ccc(N(C)C)cc3)nc3cc4c(cc3c2=O)OCO4)cc1OC. The first-order valence-electron chi connectivity index (χ1n) is 15.8. The molecule has 1 aromatic heterocycles. The summed E-state index contributed by atoms with van der Waals surface area (Å²) in [4.78, 5) is 45.7. The first-order valence-corrected chi connectivity index (χ1v) is 16.8. The minimum atomic E-state index is -0.214. The van der Waals surface area contributed by atoms with Crippen LogP contribution in [0, 0.1) is 0 Å². The monoisotopic (exact) mass is 675 g/mol. The molecular weight excluding hydrogens is 634 g/mol. The van der Waals surface area contributed by atoms with Crippen molar-refractivity contribution in [3.63, 3.8) is 0 Å². The molecule has 0 bridgehead atoms. The third-order valence-corrected chi connectivity index (χ3v) is 8.86. The molecule has 48 heavy (non-hydrogen) atoms. The highest BCUT2D eigenvalue weighted by Crippen LogP contribution is 2.35. The normalized spacial score (nSPS) is 11.8. The zero-order chi connectivity index (χ0) is 34.0. The molecule has 0 saturated heterocycles. The van der Waals surface area contributed by atoms with Crippen LogP contribution in [0.15, 0.2) is 64.5 Å². The predicted molar refractivity (Wildman–Crippen MR) is 187 cm³/mol. The van der Waals surface area contributed by atoms with Gasteiger partial charge in [-0.2, -0.15) is 0 Å². The lowest BCUT2D eigenvalue weighted by atomic mass is 10.1. The molecule has 13 heteroatoms. The maximum absolute atomic E-state index is 13.7. The van der Waals surface area contributed by atoms with Gasteiger partial charge in [-0.15, -0.1) is 0 Å². The van der Waals surface area contributed by atoms with Crippen LogP contribution < -0.4 is 40.0 Å². The van der Waals surface area contributed by atoms with Crippen LogP contribution in [-0.2, 0) is 22.6 Å². The van der Waals surface area contributed by atoms with Gasteiger partial charge in [0.1, 0.15) is 0 Å². The van der Waals surface area contributed by atoms with E-state index < -0.39 is 0 Å². The number of carbonyl (C=O) groups excluding carboxylic acids is 2. The third kappa shape index (κ3) is 8.71. The smallest absolute Gasteiger partial charge is 0.262 e. The second kappa shape index (κ2) is 16.3. The number of rotatable bonds is 16. The molecule has 0 radical (unpaired) electrons. The number of anilines is 2. The number of unbranched alkanes of at least 4 members (excludes halogenated alkanes) is 2. The minimum absolute atomic E-state index is 0.0188. The largest absolute Gasteiger partial charge is 0.493 e. The van der Waals surface area contributed by atoms with E-state index in [-0.39, 0.29) is 29.9 Å². The number of amides is 2. The summed E-state index contributed by atoms with van der Waals surface area (Å²) in [5.74, 6) is 2.20. The molecule has 12 nitrogen and oxygen atoms in total. The number of nitrogens with zero attached hydrogens (tertiary/aromatic N) is 3. The average Bonchev–Trinajstić information content (AvgIpc) is 3.55. The van der Waals surface area contributed by atoms with Crippen molar-refractivity contribution in [3.05, 3.63) is 70.5 Å². The highest BCUT2D eigenvalue weighted by molar-refractivity contribution is 7.99. The number of ether oxygens (including phenoxy) is 4. The van der Waals surface area contributed by atoms with Gasteiger partial charge in [0.15, 0.2) is 28.2 Å². The van der Waals surface area contributed by atoms with Gasteiger partial charge in [0.05, 0.1) is 30.9 Å². The second-order valence-electron chi connectivity index (χ2n) is 11.5. The minimum Gasteiger partial charge on any atom is -0.493 e. The molecule has 0 fully saturated rings. The Balaban J connectivity index is 1.16. The molecule has 5 rings (SSSR count). The second-order valence-corrected chi connectivity index (χ2v) is 12.4. The molecule has 2 amide bonds. The number of thioether (sulfide) groups is 1. The molecule has 0 spiro atoms. The van der Waals surface area contributed by atoms with E-state index in [0.29, 0.717) is 83.5 Å². The molecule has 4 aromatic rings. The molecule has 0 aliphatic carbocycles. The Morgan fingerprint density at radius 1 is 0.938 bits per heavy atom. The van der Waals surface area contributed by atoms with E-state index in [0.717, 1.165) is 17.7 Å². The summed E-state index contributed by atoms with van der Waals surface area (Å²) >= 11 is 1.21. The fourth-order valence-electron chi connectivity index (χ4n) is 5.27. The molecule has 254 valence electrons. The number of hydrogen-bond acceptors (Lipinski definition) is 10. The maximum Gasteiger partial charge on any atom is 0.262 e. The van der Waals surface area contributed by atoms with Crippen molar-refractivity contribution in [2.24, 2.45) is 0 Å². The van der Waals surface area contributed by atoms with E-state index in [1.165, 1.54) is 11.8 Å². The van der Waals surface area contributed by atoms with Crippen LogP contribution in [0.5, 0.6) is 23.0 Å². The Morgan fingerprint density at radius 2 is 1.69 bits per heavy atom. The fourth-order valence-corrected chi connectivity index (χ4v) is 6.10. The van der Waals surface area contributed by atoms with Crippen molar-refractivity contribution < 1.29 is 28.5 Å². The quantitative estimate of drug-likeness (QED) is 0.0964. The number of carbonyl (C=O) groups is 2. The molecule has 0 unspecified atom stereocenters. The summed E-state index contributed by atoms with van der Waals surface area (Å²) in [6.45, 7) is 0.995. The number of nitrogens with one attached hydrogen (secondary N) is 2. The Kier molecular flexibility index (Phi) is 11.7. The summed E-state index contributed by atoms with van der Waals surface area (Å²) in [5.41, 5.74) is 3.02. The van der Waals surface area contributed by atoms with Gasteiger partial charge < -0.3 is 34.5 Å². The number of methoxy groups -OCH3 is 2. The Bertz CT molecular complexity index is 1810. The summed E-state index contributed by atoms with van der Waals surface area (Å²) in [7, 11) is 7.10. The lowest BCUT2D eigenvalue weighted by Gasteiger charge is -2.14. The Hall–Kier alpha value is -4.91. The molecular formula is C35H41N5O7S. The number of hydrogen-bond donors (Lipinski definition) is 2. The molecule has 1 aliphatic heterocycles. The van der Waals surface area contributed by atoms with Gasteiger partial charge in [0, 0.05) is 51.0 Å². The van der Waals surface area contributed by atoms with Crippen LogP contribution in [0.2, 0.25) is 0 Å². The van der Waals surface area contributed by atoms with Crippen molar-refractivity contribution >= 4 is 45.9 Å². The zero-order valence-corrected chi connectivity index (χ0v) is 28.5. The van der Waals surface area contributed by atoms with Crippen molar-refractivity contribution in [2.75, 3.05) is 57.6 Å². The van der Waals surface area contributed by atoms with Gasteiger partial charge in [0.2, 0.25) is 18.6 Å². The maximum atomic E-state index is 13.7. The summed E-state index contributed by atoms with van der Waals surface area (Å²) in [6.07, 6.45) is 3.13. The predicted octanol–water partition coefficient (Wildman–Crippen LogP) is 4.86. The molecule has 2 heterocycles. The Labute approximate surface area is 283 Å². The Morgan fingerprint density at radius 3 is 2.42 bits per heavy atom. The lowest BCUT2D eigenvalue weighted by molar-refractivity contribution is -0.121. The first-order chi connectivity index (χ1) is 23.2. The molecule has 0 saturated carbocycles. The topological polar surface area (TPSA) is 133 Å². The number of benzene rings is 3. The van der Waals surface area contributed by atoms with Crippen LogP contribution in [0.3, 0.4) is 0 Å². The van der Waals surface area contributed by atoms with Crippen LogP contribution in [-0.4, -0.2) is 68.8 Å². The molecule has 2 N–H and O–H groups in total. The van der Waals surface area contributed by atoms with E-state index in [2.05, 4.69) is 10.6 Å². The molecule has 0 atom stereocenters. The van der Waals surface area contributed by atoms with E-state index in [4.69, 9.17) is 23.9 Å². The van der Waals surface area contributed by atoms with Gasteiger partial charge in [-0.1, -0.05) is 24.2 Å². The average molecular weight is 676 g/mol. The fraction of sp³-hybridized carbons (Fsp3) is 0.371. The van der Waals surface area contributed by atoms with E-state index in [1.54, 1.807) is 30.9 Å². The zero-order valence-electron chi connectivity index (χ0n) is 27.7. The van der Waals surface area contributed by atoms with Gasteiger partial charge in [0.25, 0.3) is 5.56 Å². The van der Waals surface area contributed by atoms with Crippen LogP contribution in [0.4, 0.5) is 11.4 Å². The highest BCUT2D eigenvalue weighted by atomic mass is 32.2. The van der Waals surface area contributed by atoms with Gasteiger partial charge in [-0.05, 0) is 67.3 Å². The van der Waals surface area contributed by atoms with Gasteiger partial charge in [-0.25, -0.2) is 4.98 Å². The lowest BCUT2D eigenvalue weighted by Crippen LogP contribution is -2.25. The molecule has 3 aromatic carbocycles. The molecule has 1 aliphatic rings. The van der Waals surface area contributed by atoms with E-state index in [1.807, 2.05) is 61.5 Å². The first kappa shape index (κ1) is 34.4. The standard InChI is InChI=1S/C35H41N5O7S/c1-39(2)25-12-10-24(11-13-25)37-33(42)21-48-35-38-27-20-31-30(46-22-47-31)19-26(27)34(43)40(35)17-7-5-6-8-32(41)36-16-15-23-9-14-28(44-3)29(18-23)45-4/h9-14,18-20H,5-8,15-17,21-22H2,1-4H3,(H,36,41)(H,37,42). The van der Waals surface area contributed by atoms with E-state index >= 15 is 0 Å². The van der Waals surface area contributed by atoms with Crippen molar-refractivity contribution in [1.82, 2.24) is 14.9 Å². The van der Waals surface area contributed by atoms with Crippen molar-refractivity contribution in [2.45, 2.75) is 43.8 Å². The third-order valence-electron chi connectivity index (χ3n) is 7.88. The summed E-state index contributed by atoms with van der Waals surface area (Å²) in [5, 5.41) is 6.75. The van der Waals surface area contributed by atoms with Crippen LogP contribution in [0.25, 0.3) is 10.9 Å². The highest BCUT2D eigenvalue weighted by Gasteiger charge is 2.20. The van der Waals surface area contributed by atoms with Crippen LogP contribution in [0.1, 0.15) is 31.2 Å². The van der Waals surface area contributed by atoms with Gasteiger partial charge in [-0.3, -0.25) is 19.0 Å². The van der Waals surface area contributed by atoms with Crippen molar-refractivity contribution in [1.29, 1.82) is 0 Å².